The highest BCUT2D eigenvalue weighted by molar-refractivity contribution is 5.12. The van der Waals surface area contributed by atoms with Crippen LogP contribution in [0.2, 0.25) is 0 Å². The highest BCUT2D eigenvalue weighted by Gasteiger charge is 2.22. The predicted octanol–water partition coefficient (Wildman–Crippen LogP) is 6.06. The lowest BCUT2D eigenvalue weighted by Crippen LogP contribution is -2.14. The molecule has 1 saturated carbocycles. The third-order valence-corrected chi connectivity index (χ3v) is 5.23. The van der Waals surface area contributed by atoms with Crippen molar-refractivity contribution in [3.05, 3.63) is 23.8 Å². The van der Waals surface area contributed by atoms with Crippen molar-refractivity contribution in [2.45, 2.75) is 96.8 Å². The van der Waals surface area contributed by atoms with Gasteiger partial charge in [0.05, 0.1) is 0 Å². The minimum atomic E-state index is 0.715. The van der Waals surface area contributed by atoms with Gasteiger partial charge in [0.25, 0.3) is 0 Å². The molecule has 1 aromatic rings. The molecule has 2 rings (SSSR count). The fraction of sp³-hybridized carbons (Fsp3) is 0.800. The van der Waals surface area contributed by atoms with Crippen LogP contribution in [0.3, 0.4) is 0 Å². The van der Waals surface area contributed by atoms with E-state index in [9.17, 15) is 0 Å². The second-order valence-corrected chi connectivity index (χ2v) is 7.10. The standard InChI is InChI=1S/C20H34N2/c1-3-5-6-7-8-10-17-11-13-18(14-12-17)19-15-21-20(9-4-2)22-16-19/h15-18H,3-14H2,1-2H3/t17-,18-. The van der Waals surface area contributed by atoms with Crippen LogP contribution in [0.15, 0.2) is 12.4 Å². The Morgan fingerprint density at radius 2 is 1.55 bits per heavy atom. The quantitative estimate of drug-likeness (QED) is 0.518. The van der Waals surface area contributed by atoms with Crippen LogP contribution in [0, 0.1) is 5.92 Å². The molecule has 0 bridgehead atoms. The first kappa shape index (κ1) is 17.4. The van der Waals surface area contributed by atoms with E-state index in [4.69, 9.17) is 0 Å². The molecule has 1 aromatic heterocycles. The fourth-order valence-corrected chi connectivity index (χ4v) is 3.75. The van der Waals surface area contributed by atoms with Gasteiger partial charge >= 0.3 is 0 Å². The third-order valence-electron chi connectivity index (χ3n) is 5.23. The van der Waals surface area contributed by atoms with Gasteiger partial charge in [-0.15, -0.1) is 0 Å². The van der Waals surface area contributed by atoms with Gasteiger partial charge in [-0.1, -0.05) is 52.4 Å². The Balaban J connectivity index is 1.68. The summed E-state index contributed by atoms with van der Waals surface area (Å²) in [5.41, 5.74) is 1.38. The molecular formula is C20H34N2. The molecule has 1 aliphatic rings. The lowest BCUT2D eigenvalue weighted by Gasteiger charge is -2.28. The molecule has 1 aliphatic carbocycles. The number of nitrogens with zero attached hydrogens (tertiary/aromatic N) is 2. The second-order valence-electron chi connectivity index (χ2n) is 7.10. The Hall–Kier alpha value is -0.920. The van der Waals surface area contributed by atoms with Gasteiger partial charge < -0.3 is 0 Å². The van der Waals surface area contributed by atoms with E-state index < -0.39 is 0 Å². The molecule has 22 heavy (non-hydrogen) atoms. The maximum Gasteiger partial charge on any atom is 0.128 e. The molecule has 0 atom stereocenters. The summed E-state index contributed by atoms with van der Waals surface area (Å²) in [7, 11) is 0. The summed E-state index contributed by atoms with van der Waals surface area (Å²) in [6.07, 6.45) is 20.4. The number of hydrogen-bond acceptors (Lipinski definition) is 2. The van der Waals surface area contributed by atoms with Crippen molar-refractivity contribution >= 4 is 0 Å². The zero-order valence-electron chi connectivity index (χ0n) is 14.7. The van der Waals surface area contributed by atoms with E-state index in [0.717, 1.165) is 24.6 Å². The van der Waals surface area contributed by atoms with E-state index in [2.05, 4.69) is 36.2 Å². The number of rotatable bonds is 9. The van der Waals surface area contributed by atoms with Gasteiger partial charge in [-0.2, -0.15) is 0 Å². The first-order valence-electron chi connectivity index (χ1n) is 9.64. The molecule has 2 heteroatoms. The zero-order valence-corrected chi connectivity index (χ0v) is 14.7. The number of aryl methyl sites for hydroxylation is 1. The summed E-state index contributed by atoms with van der Waals surface area (Å²) < 4.78 is 0. The van der Waals surface area contributed by atoms with Crippen LogP contribution in [-0.4, -0.2) is 9.97 Å². The van der Waals surface area contributed by atoms with E-state index >= 15 is 0 Å². The van der Waals surface area contributed by atoms with Crippen LogP contribution in [0.4, 0.5) is 0 Å². The normalized spacial score (nSPS) is 21.9. The minimum absolute atomic E-state index is 0.715. The molecule has 1 heterocycles. The average Bonchev–Trinajstić information content (AvgIpc) is 2.56. The smallest absolute Gasteiger partial charge is 0.128 e. The van der Waals surface area contributed by atoms with Gasteiger partial charge in [-0.25, -0.2) is 9.97 Å². The van der Waals surface area contributed by atoms with E-state index in [0.29, 0.717) is 5.92 Å². The molecule has 0 amide bonds. The van der Waals surface area contributed by atoms with Crippen LogP contribution in [0.1, 0.15) is 102 Å². The van der Waals surface area contributed by atoms with Crippen LogP contribution in [0.5, 0.6) is 0 Å². The summed E-state index contributed by atoms with van der Waals surface area (Å²) in [6.45, 7) is 4.47. The van der Waals surface area contributed by atoms with Crippen molar-refractivity contribution in [3.63, 3.8) is 0 Å². The van der Waals surface area contributed by atoms with Crippen LogP contribution in [-0.2, 0) is 6.42 Å². The minimum Gasteiger partial charge on any atom is -0.241 e. The molecule has 0 aliphatic heterocycles. The van der Waals surface area contributed by atoms with Crippen molar-refractivity contribution in [3.8, 4) is 0 Å². The van der Waals surface area contributed by atoms with Crippen molar-refractivity contribution in [1.82, 2.24) is 9.97 Å². The summed E-state index contributed by atoms with van der Waals surface area (Å²) >= 11 is 0. The number of aromatic nitrogens is 2. The van der Waals surface area contributed by atoms with Gasteiger partial charge in [-0.05, 0) is 49.5 Å². The molecule has 124 valence electrons. The van der Waals surface area contributed by atoms with Crippen LogP contribution >= 0.6 is 0 Å². The highest BCUT2D eigenvalue weighted by atomic mass is 14.9. The monoisotopic (exact) mass is 302 g/mol. The summed E-state index contributed by atoms with van der Waals surface area (Å²) in [4.78, 5) is 9.06. The van der Waals surface area contributed by atoms with Crippen LogP contribution in [0.25, 0.3) is 0 Å². The lowest BCUT2D eigenvalue weighted by atomic mass is 9.77. The summed E-state index contributed by atoms with van der Waals surface area (Å²) in [5, 5.41) is 0. The molecule has 0 radical (unpaired) electrons. The van der Waals surface area contributed by atoms with Crippen molar-refractivity contribution in [2.24, 2.45) is 5.92 Å². The lowest BCUT2D eigenvalue weighted by molar-refractivity contribution is 0.301. The highest BCUT2D eigenvalue weighted by Crippen LogP contribution is 2.37. The molecule has 0 spiro atoms. The Kier molecular flexibility index (Phi) is 7.90. The Morgan fingerprint density at radius 1 is 0.864 bits per heavy atom. The van der Waals surface area contributed by atoms with Crippen molar-refractivity contribution in [1.29, 1.82) is 0 Å². The van der Waals surface area contributed by atoms with E-state index in [-0.39, 0.29) is 0 Å². The predicted molar refractivity (Wildman–Crippen MR) is 94.1 cm³/mol. The maximum absolute atomic E-state index is 4.53. The van der Waals surface area contributed by atoms with Gasteiger partial charge in [0.1, 0.15) is 5.82 Å². The maximum atomic E-state index is 4.53. The van der Waals surface area contributed by atoms with Crippen molar-refractivity contribution < 1.29 is 0 Å². The van der Waals surface area contributed by atoms with E-state index in [1.54, 1.807) is 0 Å². The number of hydrogen-bond donors (Lipinski definition) is 0. The third kappa shape index (κ3) is 5.70. The van der Waals surface area contributed by atoms with E-state index in [1.807, 2.05) is 0 Å². The number of unbranched alkanes of at least 4 members (excludes halogenated alkanes) is 4. The summed E-state index contributed by atoms with van der Waals surface area (Å²) in [5.74, 6) is 2.71. The first-order valence-corrected chi connectivity index (χ1v) is 9.64. The molecule has 0 saturated heterocycles. The molecule has 0 unspecified atom stereocenters. The van der Waals surface area contributed by atoms with Gasteiger partial charge in [-0.3, -0.25) is 0 Å². The Bertz CT molecular complexity index is 391. The van der Waals surface area contributed by atoms with Crippen molar-refractivity contribution in [2.75, 3.05) is 0 Å². The zero-order chi connectivity index (χ0) is 15.6. The Morgan fingerprint density at radius 3 is 2.18 bits per heavy atom. The summed E-state index contributed by atoms with van der Waals surface area (Å²) in [6, 6.07) is 0. The average molecular weight is 303 g/mol. The topological polar surface area (TPSA) is 25.8 Å². The van der Waals surface area contributed by atoms with Gasteiger partial charge in [0.2, 0.25) is 0 Å². The van der Waals surface area contributed by atoms with Crippen LogP contribution < -0.4 is 0 Å². The van der Waals surface area contributed by atoms with E-state index in [1.165, 1.54) is 69.8 Å². The second kappa shape index (κ2) is 9.97. The SMILES string of the molecule is CCCCCCC[C@H]1CC[C@H](c2cnc(CCC)nc2)CC1. The molecule has 0 aromatic carbocycles. The molecule has 0 N–H and O–H groups in total. The molecule has 1 fully saturated rings. The van der Waals surface area contributed by atoms with Gasteiger partial charge in [0, 0.05) is 18.8 Å². The molecule has 2 nitrogen and oxygen atoms in total. The first-order chi connectivity index (χ1) is 10.8. The largest absolute Gasteiger partial charge is 0.241 e. The van der Waals surface area contributed by atoms with Gasteiger partial charge in [0.15, 0.2) is 0 Å². The Labute approximate surface area is 137 Å². The molecular weight excluding hydrogens is 268 g/mol. The fourth-order valence-electron chi connectivity index (χ4n) is 3.75.